The van der Waals surface area contributed by atoms with Crippen molar-refractivity contribution in [3.8, 4) is 5.69 Å². The van der Waals surface area contributed by atoms with Crippen molar-refractivity contribution in [1.29, 1.82) is 0 Å². The average Bonchev–Trinajstić information content (AvgIpc) is 3.15. The molecule has 0 saturated carbocycles. The Kier molecular flexibility index (Phi) is 5.00. The zero-order valence-electron chi connectivity index (χ0n) is 13.6. The van der Waals surface area contributed by atoms with E-state index in [9.17, 15) is 0 Å². The molecule has 3 rings (SSSR count). The molecule has 0 spiro atoms. The van der Waals surface area contributed by atoms with Gasteiger partial charge in [-0.3, -0.25) is 0 Å². The van der Waals surface area contributed by atoms with E-state index in [1.165, 1.54) is 5.56 Å². The van der Waals surface area contributed by atoms with E-state index in [1.807, 2.05) is 12.1 Å². The third kappa shape index (κ3) is 3.74. The number of tetrazole rings is 1. The summed E-state index contributed by atoms with van der Waals surface area (Å²) >= 11 is 0. The molecule has 0 bridgehead atoms. The summed E-state index contributed by atoms with van der Waals surface area (Å²) in [6.07, 6.45) is 3.45. The molecule has 1 unspecified atom stereocenters. The second kappa shape index (κ2) is 7.16. The fraction of sp³-hybridized carbons (Fsp3) is 0.562. The van der Waals surface area contributed by atoms with E-state index < -0.39 is 0 Å². The molecule has 7 heteroatoms. The molecule has 0 amide bonds. The molecule has 1 aromatic carbocycles. The minimum absolute atomic E-state index is 0.112. The van der Waals surface area contributed by atoms with Gasteiger partial charge in [0, 0.05) is 45.8 Å². The van der Waals surface area contributed by atoms with Crippen molar-refractivity contribution in [2.45, 2.75) is 31.4 Å². The molecule has 2 aromatic rings. The van der Waals surface area contributed by atoms with Gasteiger partial charge in [0.1, 0.15) is 6.33 Å². The summed E-state index contributed by atoms with van der Waals surface area (Å²) in [6, 6.07) is 8.47. The highest BCUT2D eigenvalue weighted by Gasteiger charge is 2.32. The second-order valence-electron chi connectivity index (χ2n) is 5.95. The van der Waals surface area contributed by atoms with Gasteiger partial charge in [0.25, 0.3) is 0 Å². The van der Waals surface area contributed by atoms with Crippen molar-refractivity contribution in [2.75, 3.05) is 26.9 Å². The highest BCUT2D eigenvalue weighted by Crippen LogP contribution is 2.25. The summed E-state index contributed by atoms with van der Waals surface area (Å²) in [5.41, 5.74) is 2.06. The molecule has 0 aliphatic carbocycles. The van der Waals surface area contributed by atoms with Gasteiger partial charge in [-0.15, -0.1) is 5.10 Å². The van der Waals surface area contributed by atoms with Crippen LogP contribution in [-0.2, 0) is 9.47 Å². The fourth-order valence-corrected chi connectivity index (χ4v) is 2.85. The third-order valence-electron chi connectivity index (χ3n) is 4.57. The summed E-state index contributed by atoms with van der Waals surface area (Å²) in [5.74, 6) is 0. The lowest BCUT2D eigenvalue weighted by molar-refractivity contribution is -0.0885. The van der Waals surface area contributed by atoms with Crippen LogP contribution in [0.1, 0.15) is 31.4 Å². The minimum atomic E-state index is -0.112. The molecule has 2 heterocycles. The van der Waals surface area contributed by atoms with Crippen LogP contribution in [0.4, 0.5) is 0 Å². The maximum atomic E-state index is 5.77. The van der Waals surface area contributed by atoms with E-state index in [-0.39, 0.29) is 11.6 Å². The van der Waals surface area contributed by atoms with Crippen LogP contribution in [0.25, 0.3) is 5.69 Å². The van der Waals surface area contributed by atoms with Crippen molar-refractivity contribution in [3.63, 3.8) is 0 Å². The first-order valence-electron chi connectivity index (χ1n) is 7.92. The number of ether oxygens (including phenoxy) is 2. The molecule has 23 heavy (non-hydrogen) atoms. The minimum Gasteiger partial charge on any atom is -0.381 e. The highest BCUT2D eigenvalue weighted by molar-refractivity contribution is 5.34. The lowest BCUT2D eigenvalue weighted by Gasteiger charge is -2.37. The summed E-state index contributed by atoms with van der Waals surface area (Å²) in [4.78, 5) is 0. The Hall–Kier alpha value is -1.83. The zero-order chi connectivity index (χ0) is 16.1. The summed E-state index contributed by atoms with van der Waals surface area (Å²) in [6.45, 7) is 4.52. The normalized spacial score (nSPS) is 18.7. The molecular weight excluding hydrogens is 294 g/mol. The quantitative estimate of drug-likeness (QED) is 0.870. The molecule has 0 radical (unpaired) electrons. The van der Waals surface area contributed by atoms with Crippen LogP contribution >= 0.6 is 0 Å². The van der Waals surface area contributed by atoms with Crippen LogP contribution in [0.5, 0.6) is 0 Å². The Morgan fingerprint density at radius 1 is 1.30 bits per heavy atom. The van der Waals surface area contributed by atoms with Crippen LogP contribution in [0.3, 0.4) is 0 Å². The molecule has 1 fully saturated rings. The van der Waals surface area contributed by atoms with E-state index >= 15 is 0 Å². The third-order valence-corrected chi connectivity index (χ3v) is 4.57. The van der Waals surface area contributed by atoms with Crippen LogP contribution in [0, 0.1) is 0 Å². The van der Waals surface area contributed by atoms with Crippen molar-refractivity contribution in [3.05, 3.63) is 36.2 Å². The van der Waals surface area contributed by atoms with Gasteiger partial charge in [-0.1, -0.05) is 12.1 Å². The van der Waals surface area contributed by atoms with E-state index in [1.54, 1.807) is 18.1 Å². The van der Waals surface area contributed by atoms with Gasteiger partial charge in [-0.05, 0) is 35.0 Å². The van der Waals surface area contributed by atoms with Gasteiger partial charge in [-0.2, -0.15) is 0 Å². The van der Waals surface area contributed by atoms with Crippen LogP contribution in [-0.4, -0.2) is 52.7 Å². The van der Waals surface area contributed by atoms with Crippen LogP contribution in [0.15, 0.2) is 30.6 Å². The predicted molar refractivity (Wildman–Crippen MR) is 85.4 cm³/mol. The largest absolute Gasteiger partial charge is 0.381 e. The first-order valence-corrected chi connectivity index (χ1v) is 7.92. The van der Waals surface area contributed by atoms with Crippen LogP contribution < -0.4 is 5.32 Å². The second-order valence-corrected chi connectivity index (χ2v) is 5.95. The number of hydrogen-bond donors (Lipinski definition) is 1. The number of nitrogens with one attached hydrogen (secondary N) is 1. The van der Waals surface area contributed by atoms with Crippen molar-refractivity contribution in [2.24, 2.45) is 0 Å². The fourth-order valence-electron chi connectivity index (χ4n) is 2.85. The van der Waals surface area contributed by atoms with Gasteiger partial charge in [0.2, 0.25) is 0 Å². The average molecular weight is 317 g/mol. The molecule has 7 nitrogen and oxygen atoms in total. The highest BCUT2D eigenvalue weighted by atomic mass is 16.5. The van der Waals surface area contributed by atoms with Gasteiger partial charge in [0.15, 0.2) is 0 Å². The number of hydrogen-bond acceptors (Lipinski definition) is 6. The summed E-state index contributed by atoms with van der Waals surface area (Å²) in [5, 5.41) is 14.8. The van der Waals surface area contributed by atoms with Crippen molar-refractivity contribution < 1.29 is 9.47 Å². The number of aromatic nitrogens is 4. The number of nitrogens with zero attached hydrogens (tertiary/aromatic N) is 4. The van der Waals surface area contributed by atoms with E-state index in [2.05, 4.69) is 39.9 Å². The summed E-state index contributed by atoms with van der Waals surface area (Å²) < 4.78 is 12.8. The number of benzene rings is 1. The van der Waals surface area contributed by atoms with E-state index in [0.29, 0.717) is 0 Å². The Balaban J connectivity index is 1.60. The maximum Gasteiger partial charge on any atom is 0.143 e. The summed E-state index contributed by atoms with van der Waals surface area (Å²) in [7, 11) is 1.79. The Bertz CT molecular complexity index is 593. The molecule has 1 atom stereocenters. The Morgan fingerprint density at radius 3 is 2.65 bits per heavy atom. The Labute approximate surface area is 136 Å². The van der Waals surface area contributed by atoms with Crippen LogP contribution in [0.2, 0.25) is 0 Å². The number of rotatable bonds is 6. The molecular formula is C16H23N5O2. The van der Waals surface area contributed by atoms with E-state index in [0.717, 1.165) is 38.3 Å². The standard InChI is InChI=1S/C16H23N5O2/c1-13(17-11-16(22-2)7-9-23-10-8-16)14-3-5-15(6-4-14)21-12-18-19-20-21/h3-6,12-13,17H,7-11H2,1-2H3. The smallest absolute Gasteiger partial charge is 0.143 e. The predicted octanol–water partition coefficient (Wildman–Crippen LogP) is 1.51. The number of methoxy groups -OCH3 is 1. The zero-order valence-corrected chi connectivity index (χ0v) is 13.6. The van der Waals surface area contributed by atoms with Gasteiger partial charge < -0.3 is 14.8 Å². The topological polar surface area (TPSA) is 74.1 Å². The van der Waals surface area contributed by atoms with Crippen molar-refractivity contribution in [1.82, 2.24) is 25.5 Å². The van der Waals surface area contributed by atoms with Crippen molar-refractivity contribution >= 4 is 0 Å². The SMILES string of the molecule is COC1(CNC(C)c2ccc(-n3cnnn3)cc2)CCOCC1. The molecule has 1 saturated heterocycles. The lowest BCUT2D eigenvalue weighted by Crippen LogP contribution is -2.47. The molecule has 1 N–H and O–H groups in total. The molecule has 1 aliphatic heterocycles. The first kappa shape index (κ1) is 16.0. The monoisotopic (exact) mass is 317 g/mol. The molecule has 124 valence electrons. The maximum absolute atomic E-state index is 5.77. The van der Waals surface area contributed by atoms with E-state index in [4.69, 9.17) is 9.47 Å². The van der Waals surface area contributed by atoms with Gasteiger partial charge >= 0.3 is 0 Å². The lowest BCUT2D eigenvalue weighted by atomic mass is 9.93. The van der Waals surface area contributed by atoms with Gasteiger partial charge in [-0.25, -0.2) is 4.68 Å². The van der Waals surface area contributed by atoms with Gasteiger partial charge in [0.05, 0.1) is 11.3 Å². The molecule has 1 aromatic heterocycles. The first-order chi connectivity index (χ1) is 11.2. The molecule has 1 aliphatic rings. The Morgan fingerprint density at radius 2 is 2.04 bits per heavy atom.